The summed E-state index contributed by atoms with van der Waals surface area (Å²) < 4.78 is 6.46. The van der Waals surface area contributed by atoms with Crippen LogP contribution in [0.5, 0.6) is 0 Å². The number of ether oxygens (including phenoxy) is 1. The van der Waals surface area contributed by atoms with Crippen LogP contribution in [-0.2, 0) is 4.74 Å². The predicted octanol–water partition coefficient (Wildman–Crippen LogP) is 4.97. The lowest BCUT2D eigenvalue weighted by atomic mass is 10.2. The number of carbonyl (C=O) groups excluding carboxylic acids is 1. The number of aromatic nitrogens is 1. The maximum atomic E-state index is 13.4. The molecule has 0 aliphatic carbocycles. The number of hydrogen-bond donors (Lipinski definition) is 0. The number of fused-ring (bicyclic) bond motifs is 1. The Morgan fingerprint density at radius 1 is 1.17 bits per heavy atom. The number of benzene rings is 2. The van der Waals surface area contributed by atoms with Gasteiger partial charge in [-0.05, 0) is 36.8 Å². The normalized spacial score (nSPS) is 15.0. The summed E-state index contributed by atoms with van der Waals surface area (Å²) in [6, 6.07) is 12.9. The van der Waals surface area contributed by atoms with E-state index in [0.717, 1.165) is 49.5 Å². The van der Waals surface area contributed by atoms with E-state index in [9.17, 15) is 4.79 Å². The molecule has 1 fully saturated rings. The zero-order valence-electron chi connectivity index (χ0n) is 15.8. The fourth-order valence-corrected chi connectivity index (χ4v) is 4.82. The van der Waals surface area contributed by atoms with Gasteiger partial charge in [0.15, 0.2) is 5.13 Å². The van der Waals surface area contributed by atoms with Gasteiger partial charge < -0.3 is 4.74 Å². The number of hydrogen-bond acceptors (Lipinski definition) is 5. The lowest BCUT2D eigenvalue weighted by molar-refractivity contribution is 0.0376. The number of morpholine rings is 1. The molecule has 4 rings (SSSR count). The number of anilines is 1. The molecule has 1 aliphatic rings. The van der Waals surface area contributed by atoms with Crippen molar-refractivity contribution in [3.8, 4) is 0 Å². The van der Waals surface area contributed by atoms with Crippen molar-refractivity contribution < 1.29 is 9.53 Å². The number of thiazole rings is 1. The maximum Gasteiger partial charge on any atom is 0.261 e. The molecule has 0 radical (unpaired) electrons. The average Bonchev–Trinajstić information content (AvgIpc) is 3.15. The summed E-state index contributed by atoms with van der Waals surface area (Å²) in [5.74, 6) is -0.160. The highest BCUT2D eigenvalue weighted by Crippen LogP contribution is 2.31. The lowest BCUT2D eigenvalue weighted by Crippen LogP contribution is -2.39. The number of halogens is 2. The van der Waals surface area contributed by atoms with Crippen LogP contribution in [0.1, 0.15) is 16.8 Å². The standard InChI is InChI=1S/C21H21Cl2N3O2S/c22-15-6-7-16(17(23)14-15)20(27)26(9-3-8-25-10-12-28-13-11-25)21-24-18-4-1-2-5-19(18)29-21/h1-2,4-7,14H,3,8-13H2. The first-order valence-corrected chi connectivity index (χ1v) is 11.1. The van der Waals surface area contributed by atoms with Crippen LogP contribution in [0.2, 0.25) is 10.0 Å². The van der Waals surface area contributed by atoms with Gasteiger partial charge in [-0.15, -0.1) is 0 Å². The van der Waals surface area contributed by atoms with E-state index in [1.54, 1.807) is 23.1 Å². The first kappa shape index (κ1) is 20.6. The number of nitrogens with zero attached hydrogens (tertiary/aromatic N) is 3. The van der Waals surface area contributed by atoms with Crippen molar-refractivity contribution in [2.24, 2.45) is 0 Å². The number of amides is 1. The van der Waals surface area contributed by atoms with Crippen molar-refractivity contribution in [2.45, 2.75) is 6.42 Å². The first-order valence-electron chi connectivity index (χ1n) is 9.54. The second kappa shape index (κ2) is 9.41. The molecule has 29 heavy (non-hydrogen) atoms. The Bertz CT molecular complexity index is 972. The van der Waals surface area contributed by atoms with Crippen LogP contribution in [0.25, 0.3) is 10.2 Å². The quantitative estimate of drug-likeness (QED) is 0.532. The van der Waals surface area contributed by atoms with Gasteiger partial charge in [0, 0.05) is 31.2 Å². The van der Waals surface area contributed by atoms with E-state index >= 15 is 0 Å². The van der Waals surface area contributed by atoms with Gasteiger partial charge in [-0.2, -0.15) is 0 Å². The Balaban J connectivity index is 1.58. The molecule has 0 N–H and O–H groups in total. The number of carbonyl (C=O) groups is 1. The van der Waals surface area contributed by atoms with E-state index in [1.807, 2.05) is 24.3 Å². The molecule has 0 bridgehead atoms. The van der Waals surface area contributed by atoms with Gasteiger partial charge in [-0.1, -0.05) is 46.7 Å². The Kier molecular flexibility index (Phi) is 6.67. The van der Waals surface area contributed by atoms with Crippen LogP contribution in [-0.4, -0.2) is 55.2 Å². The van der Waals surface area contributed by atoms with Gasteiger partial charge in [0.2, 0.25) is 0 Å². The lowest BCUT2D eigenvalue weighted by Gasteiger charge is -2.27. The molecule has 0 spiro atoms. The van der Waals surface area contributed by atoms with Crippen LogP contribution >= 0.6 is 34.5 Å². The van der Waals surface area contributed by atoms with Crippen LogP contribution in [0, 0.1) is 0 Å². The van der Waals surface area contributed by atoms with Crippen molar-refractivity contribution in [3.05, 3.63) is 58.1 Å². The van der Waals surface area contributed by atoms with Crippen molar-refractivity contribution in [1.82, 2.24) is 9.88 Å². The molecule has 1 aliphatic heterocycles. The van der Waals surface area contributed by atoms with Gasteiger partial charge >= 0.3 is 0 Å². The SMILES string of the molecule is O=C(c1ccc(Cl)cc1Cl)N(CCCN1CCOCC1)c1nc2ccccc2s1. The maximum absolute atomic E-state index is 13.4. The minimum absolute atomic E-state index is 0.160. The summed E-state index contributed by atoms with van der Waals surface area (Å²) in [7, 11) is 0. The molecule has 152 valence electrons. The molecule has 0 saturated carbocycles. The van der Waals surface area contributed by atoms with Gasteiger partial charge in [-0.25, -0.2) is 4.98 Å². The highest BCUT2D eigenvalue weighted by molar-refractivity contribution is 7.22. The Morgan fingerprint density at radius 2 is 1.97 bits per heavy atom. The zero-order chi connectivity index (χ0) is 20.2. The average molecular weight is 450 g/mol. The third-order valence-corrected chi connectivity index (χ3v) is 6.49. The largest absolute Gasteiger partial charge is 0.379 e. The van der Waals surface area contributed by atoms with Crippen molar-refractivity contribution >= 4 is 55.8 Å². The Hall–Kier alpha value is -1.70. The van der Waals surface area contributed by atoms with Gasteiger partial charge in [0.25, 0.3) is 5.91 Å². The zero-order valence-corrected chi connectivity index (χ0v) is 18.1. The monoisotopic (exact) mass is 449 g/mol. The van der Waals surface area contributed by atoms with E-state index in [1.165, 1.54) is 11.3 Å². The van der Waals surface area contributed by atoms with Crippen molar-refractivity contribution in [2.75, 3.05) is 44.3 Å². The van der Waals surface area contributed by atoms with Crippen LogP contribution in [0.15, 0.2) is 42.5 Å². The topological polar surface area (TPSA) is 45.7 Å². The van der Waals surface area contributed by atoms with E-state index in [-0.39, 0.29) is 5.91 Å². The summed E-state index contributed by atoms with van der Waals surface area (Å²) in [5.41, 5.74) is 1.32. The van der Waals surface area contributed by atoms with E-state index in [2.05, 4.69) is 4.90 Å². The summed E-state index contributed by atoms with van der Waals surface area (Å²) in [6.07, 6.45) is 0.840. The molecule has 2 aromatic carbocycles. The first-order chi connectivity index (χ1) is 14.1. The highest BCUT2D eigenvalue weighted by atomic mass is 35.5. The second-order valence-electron chi connectivity index (χ2n) is 6.85. The van der Waals surface area contributed by atoms with Crippen molar-refractivity contribution in [1.29, 1.82) is 0 Å². The van der Waals surface area contributed by atoms with Crippen LogP contribution in [0.3, 0.4) is 0 Å². The van der Waals surface area contributed by atoms with E-state index < -0.39 is 0 Å². The molecular weight excluding hydrogens is 429 g/mol. The minimum Gasteiger partial charge on any atom is -0.379 e. The number of para-hydroxylation sites is 1. The summed E-state index contributed by atoms with van der Waals surface area (Å²) >= 11 is 13.8. The molecule has 1 amide bonds. The second-order valence-corrected chi connectivity index (χ2v) is 8.71. The molecule has 0 atom stereocenters. The molecule has 5 nitrogen and oxygen atoms in total. The summed E-state index contributed by atoms with van der Waals surface area (Å²) in [6.45, 7) is 4.86. The van der Waals surface area contributed by atoms with Crippen molar-refractivity contribution in [3.63, 3.8) is 0 Å². The Labute approximate surface area is 183 Å². The Morgan fingerprint density at radius 3 is 2.72 bits per heavy atom. The minimum atomic E-state index is -0.160. The fourth-order valence-electron chi connectivity index (χ4n) is 3.35. The van der Waals surface area contributed by atoms with E-state index in [4.69, 9.17) is 32.9 Å². The number of rotatable bonds is 6. The molecule has 3 aromatic rings. The van der Waals surface area contributed by atoms with Crippen LogP contribution < -0.4 is 4.90 Å². The summed E-state index contributed by atoms with van der Waals surface area (Å²) in [4.78, 5) is 22.2. The molecule has 8 heteroatoms. The van der Waals surface area contributed by atoms with Gasteiger partial charge in [-0.3, -0.25) is 14.6 Å². The summed E-state index contributed by atoms with van der Waals surface area (Å²) in [5, 5.41) is 1.54. The fraction of sp³-hybridized carbons (Fsp3) is 0.333. The predicted molar refractivity (Wildman–Crippen MR) is 120 cm³/mol. The third-order valence-electron chi connectivity index (χ3n) is 4.88. The highest BCUT2D eigenvalue weighted by Gasteiger charge is 2.23. The van der Waals surface area contributed by atoms with Gasteiger partial charge in [0.1, 0.15) is 0 Å². The van der Waals surface area contributed by atoms with Crippen LogP contribution in [0.4, 0.5) is 5.13 Å². The van der Waals surface area contributed by atoms with E-state index in [0.29, 0.717) is 27.3 Å². The molecule has 1 saturated heterocycles. The molecule has 1 aromatic heterocycles. The van der Waals surface area contributed by atoms with Gasteiger partial charge in [0.05, 0.1) is 34.0 Å². The third kappa shape index (κ3) is 4.90. The smallest absolute Gasteiger partial charge is 0.261 e. The molecule has 2 heterocycles. The molecular formula is C21H21Cl2N3O2S. The molecule has 0 unspecified atom stereocenters.